The van der Waals surface area contributed by atoms with Crippen LogP contribution >= 0.6 is 0 Å². The van der Waals surface area contributed by atoms with Crippen molar-refractivity contribution in [2.24, 2.45) is 5.73 Å². The molecular weight excluding hydrogens is 340 g/mol. The lowest BCUT2D eigenvalue weighted by atomic mass is 10.1. The third-order valence-corrected chi connectivity index (χ3v) is 3.82. The molecule has 0 spiro atoms. The van der Waals surface area contributed by atoms with Gasteiger partial charge in [-0.3, -0.25) is 29.1 Å². The molecule has 2 amide bonds. The molecule has 0 aliphatic carbocycles. The summed E-state index contributed by atoms with van der Waals surface area (Å²) in [6.45, 7) is 1.82. The molecular formula is C17H18N4O5. The number of rotatable bonds is 6. The summed E-state index contributed by atoms with van der Waals surface area (Å²) in [7, 11) is 1.56. The topological polar surface area (TPSA) is 129 Å². The number of hydrogen-bond acceptors (Lipinski definition) is 5. The van der Waals surface area contributed by atoms with Crippen LogP contribution in [0.3, 0.4) is 0 Å². The van der Waals surface area contributed by atoms with E-state index in [1.165, 1.54) is 4.90 Å². The number of nitro groups is 1. The largest absolute Gasteiger partial charge is 0.365 e. The number of aromatic nitrogens is 1. The van der Waals surface area contributed by atoms with Crippen molar-refractivity contribution in [1.29, 1.82) is 0 Å². The summed E-state index contributed by atoms with van der Waals surface area (Å²) in [5.74, 6) is -1.53. The Bertz CT molecular complexity index is 918. The highest BCUT2D eigenvalue weighted by Gasteiger charge is 2.19. The normalized spacial score (nSPS) is 10.4. The van der Waals surface area contributed by atoms with E-state index in [4.69, 9.17) is 5.73 Å². The maximum Gasteiger partial charge on any atom is 0.286 e. The fourth-order valence-corrected chi connectivity index (χ4v) is 2.34. The van der Waals surface area contributed by atoms with Crippen LogP contribution in [0.2, 0.25) is 0 Å². The number of carbonyl (C=O) groups excluding carboxylic acids is 2. The minimum Gasteiger partial charge on any atom is -0.365 e. The quantitative estimate of drug-likeness (QED) is 0.604. The van der Waals surface area contributed by atoms with Crippen molar-refractivity contribution in [3.05, 3.63) is 73.7 Å². The number of aryl methyl sites for hydroxylation is 1. The second-order valence-electron chi connectivity index (χ2n) is 5.90. The molecule has 136 valence electrons. The second-order valence-corrected chi connectivity index (χ2v) is 5.90. The van der Waals surface area contributed by atoms with Crippen molar-refractivity contribution in [3.63, 3.8) is 0 Å². The molecule has 9 heteroatoms. The number of carbonyl (C=O) groups is 2. The van der Waals surface area contributed by atoms with E-state index in [1.807, 2.05) is 31.2 Å². The van der Waals surface area contributed by atoms with Crippen molar-refractivity contribution in [2.75, 3.05) is 7.05 Å². The molecule has 0 atom stereocenters. The van der Waals surface area contributed by atoms with Gasteiger partial charge in [0.25, 0.3) is 17.2 Å². The summed E-state index contributed by atoms with van der Waals surface area (Å²) in [6.07, 6.45) is 0.923. The van der Waals surface area contributed by atoms with Crippen molar-refractivity contribution < 1.29 is 14.5 Å². The van der Waals surface area contributed by atoms with Crippen LogP contribution in [0.5, 0.6) is 0 Å². The maximum atomic E-state index is 12.4. The van der Waals surface area contributed by atoms with Gasteiger partial charge in [0.15, 0.2) is 0 Å². The van der Waals surface area contributed by atoms with Crippen molar-refractivity contribution in [2.45, 2.75) is 20.0 Å². The Hall–Kier alpha value is -3.49. The van der Waals surface area contributed by atoms with Gasteiger partial charge in [0, 0.05) is 19.7 Å². The minimum atomic E-state index is -1.09. The number of nitrogens with two attached hydrogens (primary N) is 1. The Morgan fingerprint density at radius 3 is 2.42 bits per heavy atom. The predicted octanol–water partition coefficient (Wildman–Crippen LogP) is 0.822. The summed E-state index contributed by atoms with van der Waals surface area (Å²) in [6, 6.07) is 8.39. The molecule has 26 heavy (non-hydrogen) atoms. The molecule has 1 aromatic carbocycles. The van der Waals surface area contributed by atoms with E-state index in [2.05, 4.69) is 0 Å². The van der Waals surface area contributed by atoms with Crippen LogP contribution < -0.4 is 11.3 Å². The number of likely N-dealkylation sites (N-methyl/N-ethyl adjacent to an activating group) is 1. The third-order valence-electron chi connectivity index (χ3n) is 3.82. The predicted molar refractivity (Wildman–Crippen MR) is 93.5 cm³/mol. The SMILES string of the molecule is Cc1ccc(CN(C)C(=O)Cn2cc([N+](=O)[O-])cc(C(N)=O)c2=O)cc1. The summed E-state index contributed by atoms with van der Waals surface area (Å²) < 4.78 is 0.826. The van der Waals surface area contributed by atoms with Crippen LogP contribution in [0.15, 0.2) is 41.3 Å². The van der Waals surface area contributed by atoms with Gasteiger partial charge in [-0.25, -0.2) is 0 Å². The zero-order valence-corrected chi connectivity index (χ0v) is 14.3. The Labute approximate surface area is 148 Å². The van der Waals surface area contributed by atoms with Gasteiger partial charge >= 0.3 is 0 Å². The van der Waals surface area contributed by atoms with E-state index in [-0.39, 0.29) is 0 Å². The lowest BCUT2D eigenvalue weighted by Gasteiger charge is -2.18. The number of benzene rings is 1. The van der Waals surface area contributed by atoms with Crippen LogP contribution in [0.1, 0.15) is 21.5 Å². The molecule has 0 radical (unpaired) electrons. The molecule has 2 aromatic rings. The van der Waals surface area contributed by atoms with Crippen LogP contribution in [0, 0.1) is 17.0 Å². The first-order valence-corrected chi connectivity index (χ1v) is 7.67. The molecule has 0 saturated heterocycles. The Kier molecular flexibility index (Phi) is 5.51. The van der Waals surface area contributed by atoms with Gasteiger partial charge < -0.3 is 10.6 Å². The number of primary amides is 1. The van der Waals surface area contributed by atoms with Gasteiger partial charge in [-0.2, -0.15) is 0 Å². The van der Waals surface area contributed by atoms with Gasteiger partial charge in [0.1, 0.15) is 12.1 Å². The molecule has 0 aliphatic heterocycles. The molecule has 1 aromatic heterocycles. The van der Waals surface area contributed by atoms with Gasteiger partial charge in [-0.1, -0.05) is 29.8 Å². The van der Waals surface area contributed by atoms with E-state index >= 15 is 0 Å². The molecule has 0 saturated carbocycles. The minimum absolute atomic E-state index is 0.311. The molecule has 0 bridgehead atoms. The summed E-state index contributed by atoms with van der Waals surface area (Å²) in [5.41, 5.74) is 5.20. The maximum absolute atomic E-state index is 12.4. The first-order chi connectivity index (χ1) is 12.2. The lowest BCUT2D eigenvalue weighted by molar-refractivity contribution is -0.385. The summed E-state index contributed by atoms with van der Waals surface area (Å²) >= 11 is 0. The number of nitrogens with zero attached hydrogens (tertiary/aromatic N) is 3. The standard InChI is InChI=1S/C17H18N4O5/c1-11-3-5-12(6-4-11)8-19(2)15(22)10-20-9-13(21(25)26)7-14(16(18)23)17(20)24/h3-7,9H,8,10H2,1-2H3,(H2,18,23). The van der Waals surface area contributed by atoms with Crippen LogP contribution in [-0.4, -0.2) is 33.3 Å². The fourth-order valence-electron chi connectivity index (χ4n) is 2.34. The van der Waals surface area contributed by atoms with Crippen LogP contribution in [-0.2, 0) is 17.9 Å². The van der Waals surface area contributed by atoms with Gasteiger partial charge in [0.05, 0.1) is 11.1 Å². The third kappa shape index (κ3) is 4.32. The highest BCUT2D eigenvalue weighted by atomic mass is 16.6. The van der Waals surface area contributed by atoms with E-state index < -0.39 is 40.1 Å². The fraction of sp³-hybridized carbons (Fsp3) is 0.235. The molecule has 0 aliphatic rings. The second kappa shape index (κ2) is 7.60. The van der Waals surface area contributed by atoms with Gasteiger partial charge in [-0.05, 0) is 12.5 Å². The molecule has 2 N–H and O–H groups in total. The molecule has 0 fully saturated rings. The Balaban J connectivity index is 2.24. The molecule has 9 nitrogen and oxygen atoms in total. The van der Waals surface area contributed by atoms with Crippen molar-refractivity contribution in [1.82, 2.24) is 9.47 Å². The number of amides is 2. The average Bonchev–Trinajstić information content (AvgIpc) is 2.58. The van der Waals surface area contributed by atoms with Crippen LogP contribution in [0.4, 0.5) is 5.69 Å². The Morgan fingerprint density at radius 1 is 1.27 bits per heavy atom. The van der Waals surface area contributed by atoms with E-state index in [0.29, 0.717) is 6.54 Å². The van der Waals surface area contributed by atoms with E-state index in [9.17, 15) is 24.5 Å². The first kappa shape index (κ1) is 18.8. The number of pyridine rings is 1. The lowest BCUT2D eigenvalue weighted by Crippen LogP contribution is -2.36. The van der Waals surface area contributed by atoms with Gasteiger partial charge in [-0.15, -0.1) is 0 Å². The van der Waals surface area contributed by atoms with Crippen LogP contribution in [0.25, 0.3) is 0 Å². The van der Waals surface area contributed by atoms with E-state index in [0.717, 1.165) is 28.0 Å². The Morgan fingerprint density at radius 2 is 1.88 bits per heavy atom. The summed E-state index contributed by atoms with van der Waals surface area (Å²) in [5, 5.41) is 11.0. The van der Waals surface area contributed by atoms with E-state index in [1.54, 1.807) is 7.05 Å². The zero-order valence-electron chi connectivity index (χ0n) is 14.3. The monoisotopic (exact) mass is 358 g/mol. The molecule has 0 unspecified atom stereocenters. The number of hydrogen-bond donors (Lipinski definition) is 1. The molecule has 1 heterocycles. The average molecular weight is 358 g/mol. The first-order valence-electron chi connectivity index (χ1n) is 7.67. The van der Waals surface area contributed by atoms with Crippen molar-refractivity contribution >= 4 is 17.5 Å². The molecule has 2 rings (SSSR count). The smallest absolute Gasteiger partial charge is 0.286 e. The zero-order chi connectivity index (χ0) is 19.4. The van der Waals surface area contributed by atoms with Crippen molar-refractivity contribution in [3.8, 4) is 0 Å². The highest BCUT2D eigenvalue weighted by molar-refractivity contribution is 5.93. The summed E-state index contributed by atoms with van der Waals surface area (Å²) in [4.78, 5) is 47.5. The van der Waals surface area contributed by atoms with Gasteiger partial charge in [0.2, 0.25) is 5.91 Å². The highest BCUT2D eigenvalue weighted by Crippen LogP contribution is 2.11.